The fourth-order valence-corrected chi connectivity index (χ4v) is 3.71. The van der Waals surface area contributed by atoms with Crippen molar-refractivity contribution in [2.24, 2.45) is 5.92 Å². The predicted octanol–water partition coefficient (Wildman–Crippen LogP) is 2.42. The van der Waals surface area contributed by atoms with Crippen LogP contribution in [0.25, 0.3) is 11.4 Å². The first-order chi connectivity index (χ1) is 12.8. The van der Waals surface area contributed by atoms with Gasteiger partial charge in [0.2, 0.25) is 5.82 Å². The third-order valence-electron chi connectivity index (χ3n) is 5.03. The van der Waals surface area contributed by atoms with Crippen molar-refractivity contribution in [1.29, 1.82) is 0 Å². The summed E-state index contributed by atoms with van der Waals surface area (Å²) in [7, 11) is 0. The Bertz CT molecular complexity index is 832. The number of nitrogens with zero attached hydrogens (tertiary/aromatic N) is 4. The molecule has 6 nitrogen and oxygen atoms in total. The number of benzene rings is 2. The van der Waals surface area contributed by atoms with Gasteiger partial charge in [0, 0.05) is 18.7 Å². The van der Waals surface area contributed by atoms with Gasteiger partial charge in [-0.3, -0.25) is 4.90 Å². The first-order valence-corrected chi connectivity index (χ1v) is 9.04. The number of aromatic nitrogens is 4. The number of aromatic amines is 1. The van der Waals surface area contributed by atoms with Crippen LogP contribution >= 0.6 is 0 Å². The van der Waals surface area contributed by atoms with E-state index in [0.717, 1.165) is 37.2 Å². The van der Waals surface area contributed by atoms with Gasteiger partial charge in [-0.25, -0.2) is 0 Å². The summed E-state index contributed by atoms with van der Waals surface area (Å²) in [6.45, 7) is 3.34. The molecule has 0 spiro atoms. The molecule has 1 atom stereocenters. The van der Waals surface area contributed by atoms with Crippen LogP contribution in [0.15, 0.2) is 48.5 Å². The van der Waals surface area contributed by atoms with E-state index in [-0.39, 0.29) is 6.61 Å². The first-order valence-electron chi connectivity index (χ1n) is 9.04. The predicted molar refractivity (Wildman–Crippen MR) is 99.1 cm³/mol. The molecule has 1 aromatic heterocycles. The topological polar surface area (TPSA) is 77.9 Å². The van der Waals surface area contributed by atoms with Crippen molar-refractivity contribution in [3.63, 3.8) is 0 Å². The quantitative estimate of drug-likeness (QED) is 0.715. The van der Waals surface area contributed by atoms with Crippen LogP contribution in [0.1, 0.15) is 23.1 Å². The lowest BCUT2D eigenvalue weighted by Crippen LogP contribution is -2.20. The summed E-state index contributed by atoms with van der Waals surface area (Å²) < 4.78 is 0. The van der Waals surface area contributed by atoms with Crippen molar-refractivity contribution in [1.82, 2.24) is 25.5 Å². The molecule has 2 N–H and O–H groups in total. The van der Waals surface area contributed by atoms with Gasteiger partial charge in [-0.05, 0) is 47.2 Å². The van der Waals surface area contributed by atoms with E-state index in [4.69, 9.17) is 0 Å². The molecule has 0 unspecified atom stereocenters. The molecule has 2 aromatic carbocycles. The first kappa shape index (κ1) is 16.9. The second-order valence-electron chi connectivity index (χ2n) is 7.00. The Morgan fingerprint density at radius 3 is 2.69 bits per heavy atom. The molecule has 0 aliphatic carbocycles. The summed E-state index contributed by atoms with van der Waals surface area (Å²) >= 11 is 0. The Morgan fingerprint density at radius 2 is 1.92 bits per heavy atom. The van der Waals surface area contributed by atoms with Gasteiger partial charge in [0.25, 0.3) is 0 Å². The van der Waals surface area contributed by atoms with Crippen LogP contribution in [-0.2, 0) is 19.6 Å². The van der Waals surface area contributed by atoms with Crippen molar-refractivity contribution in [3.8, 4) is 11.4 Å². The van der Waals surface area contributed by atoms with E-state index >= 15 is 0 Å². The van der Waals surface area contributed by atoms with E-state index in [1.807, 2.05) is 24.3 Å². The molecule has 4 rings (SSSR count). The van der Waals surface area contributed by atoms with E-state index in [1.165, 1.54) is 17.5 Å². The molecular weight excluding hydrogens is 326 g/mol. The minimum atomic E-state index is 0.116. The summed E-state index contributed by atoms with van der Waals surface area (Å²) in [4.78, 5) is 2.52. The van der Waals surface area contributed by atoms with Crippen molar-refractivity contribution >= 4 is 0 Å². The maximum absolute atomic E-state index is 9.29. The van der Waals surface area contributed by atoms with Crippen LogP contribution in [0.4, 0.5) is 0 Å². The van der Waals surface area contributed by atoms with Gasteiger partial charge >= 0.3 is 0 Å². The van der Waals surface area contributed by atoms with Gasteiger partial charge in [0.1, 0.15) is 0 Å². The monoisotopic (exact) mass is 349 g/mol. The van der Waals surface area contributed by atoms with Crippen molar-refractivity contribution in [2.75, 3.05) is 13.1 Å². The molecule has 1 aliphatic heterocycles. The van der Waals surface area contributed by atoms with Crippen LogP contribution in [0.3, 0.4) is 0 Å². The SMILES string of the molecule is OCc1cccc(C[C@H]2CCN(Cc3ccc(-c4nn[nH]n4)cc3)C2)c1. The molecule has 6 heteroatoms. The lowest BCUT2D eigenvalue weighted by atomic mass is 9.97. The molecule has 134 valence electrons. The molecule has 0 amide bonds. The summed E-state index contributed by atoms with van der Waals surface area (Å²) in [5.74, 6) is 1.31. The summed E-state index contributed by atoms with van der Waals surface area (Å²) in [5.41, 5.74) is 4.61. The van der Waals surface area contributed by atoms with E-state index in [2.05, 4.69) is 49.8 Å². The zero-order valence-electron chi connectivity index (χ0n) is 14.7. The van der Waals surface area contributed by atoms with Crippen molar-refractivity contribution < 1.29 is 5.11 Å². The minimum absolute atomic E-state index is 0.116. The summed E-state index contributed by atoms with van der Waals surface area (Å²) in [6.07, 6.45) is 2.31. The third kappa shape index (κ3) is 3.98. The maximum Gasteiger partial charge on any atom is 0.204 e. The van der Waals surface area contributed by atoms with Crippen LogP contribution in [0.2, 0.25) is 0 Å². The number of H-pyrrole nitrogens is 1. The van der Waals surface area contributed by atoms with Gasteiger partial charge < -0.3 is 5.11 Å². The lowest BCUT2D eigenvalue weighted by Gasteiger charge is -2.16. The minimum Gasteiger partial charge on any atom is -0.392 e. The fourth-order valence-electron chi connectivity index (χ4n) is 3.71. The zero-order chi connectivity index (χ0) is 17.8. The number of tetrazole rings is 1. The van der Waals surface area contributed by atoms with Crippen LogP contribution in [-0.4, -0.2) is 43.7 Å². The van der Waals surface area contributed by atoms with Crippen molar-refractivity contribution in [3.05, 3.63) is 65.2 Å². The highest BCUT2D eigenvalue weighted by Gasteiger charge is 2.22. The lowest BCUT2D eigenvalue weighted by molar-refractivity contribution is 0.281. The van der Waals surface area contributed by atoms with Crippen LogP contribution in [0.5, 0.6) is 0 Å². The molecule has 26 heavy (non-hydrogen) atoms. The highest BCUT2D eigenvalue weighted by molar-refractivity contribution is 5.54. The Labute approximate surface area is 152 Å². The second kappa shape index (κ2) is 7.76. The average Bonchev–Trinajstić information content (AvgIpc) is 3.35. The Kier molecular flexibility index (Phi) is 5.04. The number of likely N-dealkylation sites (tertiary alicyclic amines) is 1. The fraction of sp³-hybridized carbons (Fsp3) is 0.350. The van der Waals surface area contributed by atoms with E-state index in [0.29, 0.717) is 11.7 Å². The molecule has 0 saturated carbocycles. The highest BCUT2D eigenvalue weighted by Crippen LogP contribution is 2.23. The molecule has 3 aromatic rings. The van der Waals surface area contributed by atoms with E-state index < -0.39 is 0 Å². The molecule has 1 fully saturated rings. The Hall–Kier alpha value is -2.57. The van der Waals surface area contributed by atoms with Gasteiger partial charge in [0.05, 0.1) is 6.61 Å². The molecule has 1 saturated heterocycles. The van der Waals surface area contributed by atoms with E-state index in [9.17, 15) is 5.11 Å². The molecule has 2 heterocycles. The van der Waals surface area contributed by atoms with Gasteiger partial charge in [-0.1, -0.05) is 48.5 Å². The number of nitrogens with one attached hydrogen (secondary N) is 1. The summed E-state index contributed by atoms with van der Waals surface area (Å²) in [5, 5.41) is 23.4. The Morgan fingerprint density at radius 1 is 1.08 bits per heavy atom. The smallest absolute Gasteiger partial charge is 0.204 e. The largest absolute Gasteiger partial charge is 0.392 e. The Balaban J connectivity index is 1.32. The molecule has 0 radical (unpaired) electrons. The van der Waals surface area contributed by atoms with E-state index in [1.54, 1.807) is 0 Å². The van der Waals surface area contributed by atoms with Gasteiger partial charge in [0.15, 0.2) is 0 Å². The third-order valence-corrected chi connectivity index (χ3v) is 5.03. The molecule has 0 bridgehead atoms. The normalized spacial score (nSPS) is 17.7. The summed E-state index contributed by atoms with van der Waals surface area (Å²) in [6, 6.07) is 16.7. The molecule has 1 aliphatic rings. The highest BCUT2D eigenvalue weighted by atomic mass is 16.3. The zero-order valence-corrected chi connectivity index (χ0v) is 14.7. The van der Waals surface area contributed by atoms with Crippen LogP contribution < -0.4 is 0 Å². The standard InChI is InChI=1S/C20H23N5O/c26-14-18-3-1-2-16(11-18)10-17-8-9-25(13-17)12-15-4-6-19(7-5-15)20-21-23-24-22-20/h1-7,11,17,26H,8-10,12-14H2,(H,21,22,23,24)/t17-/m1/s1. The van der Waals surface area contributed by atoms with Crippen molar-refractivity contribution in [2.45, 2.75) is 26.0 Å². The van der Waals surface area contributed by atoms with Gasteiger partial charge in [-0.2, -0.15) is 5.21 Å². The number of rotatable bonds is 6. The number of hydrogen-bond donors (Lipinski definition) is 2. The van der Waals surface area contributed by atoms with Crippen LogP contribution in [0, 0.1) is 5.92 Å². The second-order valence-corrected chi connectivity index (χ2v) is 7.00. The average molecular weight is 349 g/mol. The number of aliphatic hydroxyl groups is 1. The van der Waals surface area contributed by atoms with Gasteiger partial charge in [-0.15, -0.1) is 10.2 Å². The molecular formula is C20H23N5O. The number of hydrogen-bond acceptors (Lipinski definition) is 5. The number of aliphatic hydroxyl groups excluding tert-OH is 1. The maximum atomic E-state index is 9.29.